The first-order valence-corrected chi connectivity index (χ1v) is 3.71. The second-order valence-electron chi connectivity index (χ2n) is 2.62. The molecular formula is C8H9N3O. The minimum atomic E-state index is -0.0448. The number of fused-ring (bicyclic) bond motifs is 1. The molecule has 0 unspecified atom stereocenters. The number of hydrogen-bond acceptors (Lipinski definition) is 3. The van der Waals surface area contributed by atoms with E-state index in [1.165, 1.54) is 0 Å². The van der Waals surface area contributed by atoms with Crippen LogP contribution in [0.2, 0.25) is 0 Å². The van der Waals surface area contributed by atoms with Crippen LogP contribution in [0.1, 0.15) is 11.4 Å². The molecule has 0 bridgehead atoms. The molecule has 2 aromatic heterocycles. The Hall–Kier alpha value is -1.42. The summed E-state index contributed by atoms with van der Waals surface area (Å²) < 4.78 is 1.86. The highest BCUT2D eigenvalue weighted by Gasteiger charge is 2.04. The number of imidazole rings is 1. The molecule has 2 rings (SSSR count). The Kier molecular flexibility index (Phi) is 1.55. The van der Waals surface area contributed by atoms with E-state index in [9.17, 15) is 0 Å². The second kappa shape index (κ2) is 2.57. The van der Waals surface area contributed by atoms with Gasteiger partial charge in [0.2, 0.25) is 0 Å². The predicted octanol–water partition coefficient (Wildman–Crippen LogP) is 0.530. The maximum absolute atomic E-state index is 8.97. The number of aryl methyl sites for hydroxylation is 1. The van der Waals surface area contributed by atoms with Gasteiger partial charge >= 0.3 is 0 Å². The van der Waals surface area contributed by atoms with Crippen LogP contribution in [0.15, 0.2) is 18.7 Å². The van der Waals surface area contributed by atoms with Crippen LogP contribution in [0.5, 0.6) is 0 Å². The summed E-state index contributed by atoms with van der Waals surface area (Å²) in [5, 5.41) is 8.97. The molecule has 12 heavy (non-hydrogen) atoms. The van der Waals surface area contributed by atoms with Crippen LogP contribution in [0.25, 0.3) is 5.52 Å². The lowest BCUT2D eigenvalue weighted by Gasteiger charge is -1.98. The van der Waals surface area contributed by atoms with Gasteiger partial charge in [0.15, 0.2) is 0 Å². The van der Waals surface area contributed by atoms with E-state index in [2.05, 4.69) is 9.97 Å². The summed E-state index contributed by atoms with van der Waals surface area (Å²) in [4.78, 5) is 8.16. The molecule has 0 saturated heterocycles. The van der Waals surface area contributed by atoms with Gasteiger partial charge in [-0.3, -0.25) is 4.98 Å². The van der Waals surface area contributed by atoms with E-state index < -0.39 is 0 Å². The average Bonchev–Trinajstić information content (AvgIpc) is 2.48. The van der Waals surface area contributed by atoms with Crippen molar-refractivity contribution in [3.05, 3.63) is 30.1 Å². The molecule has 4 heteroatoms. The fraction of sp³-hybridized carbons (Fsp3) is 0.250. The number of rotatable bonds is 1. The molecule has 0 aliphatic heterocycles. The van der Waals surface area contributed by atoms with Gasteiger partial charge in [-0.05, 0) is 6.92 Å². The zero-order chi connectivity index (χ0) is 8.55. The molecule has 0 aliphatic carbocycles. The highest BCUT2D eigenvalue weighted by molar-refractivity contribution is 5.55. The normalized spacial score (nSPS) is 10.8. The van der Waals surface area contributed by atoms with Gasteiger partial charge in [0, 0.05) is 12.4 Å². The van der Waals surface area contributed by atoms with Crippen molar-refractivity contribution in [1.82, 2.24) is 14.4 Å². The van der Waals surface area contributed by atoms with E-state index in [-0.39, 0.29) is 6.61 Å². The van der Waals surface area contributed by atoms with Crippen molar-refractivity contribution in [3.63, 3.8) is 0 Å². The SMILES string of the molecule is Cc1ncn2ccnc(CO)c12. The van der Waals surface area contributed by atoms with Crippen LogP contribution in [-0.4, -0.2) is 19.5 Å². The van der Waals surface area contributed by atoms with Crippen molar-refractivity contribution in [3.8, 4) is 0 Å². The molecule has 0 aliphatic rings. The molecule has 0 radical (unpaired) electrons. The summed E-state index contributed by atoms with van der Waals surface area (Å²) in [5.74, 6) is 0. The van der Waals surface area contributed by atoms with Gasteiger partial charge in [-0.1, -0.05) is 0 Å². The lowest BCUT2D eigenvalue weighted by atomic mass is 10.3. The van der Waals surface area contributed by atoms with E-state index in [0.717, 1.165) is 11.2 Å². The first-order valence-electron chi connectivity index (χ1n) is 3.71. The Morgan fingerprint density at radius 2 is 2.33 bits per heavy atom. The fourth-order valence-electron chi connectivity index (χ4n) is 1.30. The minimum Gasteiger partial charge on any atom is -0.390 e. The Balaban J connectivity index is 2.84. The number of nitrogens with zero attached hydrogens (tertiary/aromatic N) is 3. The quantitative estimate of drug-likeness (QED) is 0.667. The van der Waals surface area contributed by atoms with Gasteiger partial charge < -0.3 is 9.51 Å². The standard InChI is InChI=1S/C8H9N3O/c1-6-8-7(4-12)9-2-3-11(8)5-10-6/h2-3,5,12H,4H2,1H3. The maximum Gasteiger partial charge on any atom is 0.0996 e. The molecule has 0 spiro atoms. The third kappa shape index (κ3) is 0.887. The molecule has 4 nitrogen and oxygen atoms in total. The number of aromatic nitrogens is 3. The lowest BCUT2D eigenvalue weighted by Crippen LogP contribution is -1.94. The van der Waals surface area contributed by atoms with Gasteiger partial charge in [0.1, 0.15) is 0 Å². The first-order chi connectivity index (χ1) is 5.83. The zero-order valence-corrected chi connectivity index (χ0v) is 6.73. The Bertz CT molecular complexity index is 408. The van der Waals surface area contributed by atoms with Crippen LogP contribution in [0, 0.1) is 6.92 Å². The first kappa shape index (κ1) is 7.24. The Labute approximate surface area is 69.5 Å². The third-order valence-electron chi connectivity index (χ3n) is 1.86. The lowest BCUT2D eigenvalue weighted by molar-refractivity contribution is 0.278. The van der Waals surface area contributed by atoms with E-state index in [1.807, 2.05) is 17.5 Å². The van der Waals surface area contributed by atoms with Crippen LogP contribution < -0.4 is 0 Å². The van der Waals surface area contributed by atoms with E-state index >= 15 is 0 Å². The Morgan fingerprint density at radius 3 is 3.08 bits per heavy atom. The predicted molar refractivity (Wildman–Crippen MR) is 43.6 cm³/mol. The largest absolute Gasteiger partial charge is 0.390 e. The summed E-state index contributed by atoms with van der Waals surface area (Å²) in [5.41, 5.74) is 2.47. The molecule has 0 fully saturated rings. The summed E-state index contributed by atoms with van der Waals surface area (Å²) in [6, 6.07) is 0. The number of hydrogen-bond donors (Lipinski definition) is 1. The smallest absolute Gasteiger partial charge is 0.0996 e. The van der Waals surface area contributed by atoms with E-state index in [1.54, 1.807) is 12.5 Å². The molecule has 0 atom stereocenters. The minimum absolute atomic E-state index is 0.0448. The van der Waals surface area contributed by atoms with Crippen molar-refractivity contribution in [1.29, 1.82) is 0 Å². The van der Waals surface area contributed by atoms with Gasteiger partial charge in [0.05, 0.1) is 29.8 Å². The molecule has 1 N–H and O–H groups in total. The second-order valence-corrected chi connectivity index (χ2v) is 2.62. The van der Waals surface area contributed by atoms with Gasteiger partial charge in [-0.2, -0.15) is 0 Å². The van der Waals surface area contributed by atoms with Crippen LogP contribution in [0.3, 0.4) is 0 Å². The number of aliphatic hydroxyl groups excluding tert-OH is 1. The number of aliphatic hydroxyl groups is 1. The van der Waals surface area contributed by atoms with Crippen LogP contribution in [-0.2, 0) is 6.61 Å². The molecule has 0 saturated carbocycles. The molecule has 0 aromatic carbocycles. The van der Waals surface area contributed by atoms with Crippen molar-refractivity contribution >= 4 is 5.52 Å². The fourth-order valence-corrected chi connectivity index (χ4v) is 1.30. The Morgan fingerprint density at radius 1 is 1.50 bits per heavy atom. The topological polar surface area (TPSA) is 50.4 Å². The van der Waals surface area contributed by atoms with Crippen molar-refractivity contribution in [2.75, 3.05) is 0 Å². The molecular weight excluding hydrogens is 154 g/mol. The molecule has 62 valence electrons. The molecule has 2 heterocycles. The maximum atomic E-state index is 8.97. The van der Waals surface area contributed by atoms with Crippen LogP contribution in [0.4, 0.5) is 0 Å². The van der Waals surface area contributed by atoms with Gasteiger partial charge in [0.25, 0.3) is 0 Å². The highest BCUT2D eigenvalue weighted by Crippen LogP contribution is 2.11. The summed E-state index contributed by atoms with van der Waals surface area (Å²) >= 11 is 0. The zero-order valence-electron chi connectivity index (χ0n) is 6.73. The van der Waals surface area contributed by atoms with E-state index in [0.29, 0.717) is 5.69 Å². The van der Waals surface area contributed by atoms with Gasteiger partial charge in [-0.15, -0.1) is 0 Å². The van der Waals surface area contributed by atoms with E-state index in [4.69, 9.17) is 5.11 Å². The average molecular weight is 163 g/mol. The summed E-state index contributed by atoms with van der Waals surface area (Å²) in [6.45, 7) is 1.85. The van der Waals surface area contributed by atoms with Crippen molar-refractivity contribution < 1.29 is 5.11 Å². The highest BCUT2D eigenvalue weighted by atomic mass is 16.3. The van der Waals surface area contributed by atoms with Crippen molar-refractivity contribution in [2.24, 2.45) is 0 Å². The van der Waals surface area contributed by atoms with Gasteiger partial charge in [-0.25, -0.2) is 4.98 Å². The third-order valence-corrected chi connectivity index (χ3v) is 1.86. The summed E-state index contributed by atoms with van der Waals surface area (Å²) in [6.07, 6.45) is 5.18. The van der Waals surface area contributed by atoms with Crippen molar-refractivity contribution in [2.45, 2.75) is 13.5 Å². The molecule has 0 amide bonds. The van der Waals surface area contributed by atoms with Crippen LogP contribution >= 0.6 is 0 Å². The molecule has 2 aromatic rings. The monoisotopic (exact) mass is 163 g/mol. The summed E-state index contributed by atoms with van der Waals surface area (Å²) in [7, 11) is 0.